The van der Waals surface area contributed by atoms with E-state index in [1.165, 1.54) is 5.56 Å². The summed E-state index contributed by atoms with van der Waals surface area (Å²) in [5, 5.41) is 2.99. The third-order valence-electron chi connectivity index (χ3n) is 3.99. The molecular weight excluding hydrogens is 260 g/mol. The minimum Gasteiger partial charge on any atom is -0.352 e. The molecule has 0 saturated heterocycles. The van der Waals surface area contributed by atoms with Gasteiger partial charge in [-0.15, -0.1) is 0 Å². The summed E-state index contributed by atoms with van der Waals surface area (Å²) in [6.07, 6.45) is 2.40. The zero-order valence-electron chi connectivity index (χ0n) is 13.9. The molecule has 118 valence electrons. The first-order chi connectivity index (χ1) is 9.84. The van der Waals surface area contributed by atoms with Crippen LogP contribution in [0, 0.1) is 5.41 Å². The maximum Gasteiger partial charge on any atom is 0.220 e. The lowest BCUT2D eigenvalue weighted by atomic mass is 9.84. The van der Waals surface area contributed by atoms with Crippen LogP contribution in [-0.2, 0) is 11.3 Å². The zero-order valence-corrected chi connectivity index (χ0v) is 13.9. The Bertz CT molecular complexity index is 435. The van der Waals surface area contributed by atoms with Crippen LogP contribution in [0.4, 0.5) is 0 Å². The van der Waals surface area contributed by atoms with Gasteiger partial charge < -0.3 is 11.1 Å². The molecule has 0 aromatic heterocycles. The Morgan fingerprint density at radius 2 is 1.81 bits per heavy atom. The van der Waals surface area contributed by atoms with E-state index in [2.05, 4.69) is 57.3 Å². The maximum atomic E-state index is 11.9. The van der Waals surface area contributed by atoms with Crippen molar-refractivity contribution in [2.75, 3.05) is 6.54 Å². The highest BCUT2D eigenvalue weighted by atomic mass is 16.1. The van der Waals surface area contributed by atoms with Crippen LogP contribution in [0.15, 0.2) is 24.3 Å². The first kappa shape index (κ1) is 17.7. The Labute approximate surface area is 129 Å². The van der Waals surface area contributed by atoms with Crippen molar-refractivity contribution in [1.82, 2.24) is 5.32 Å². The van der Waals surface area contributed by atoms with E-state index in [1.807, 2.05) is 0 Å². The highest BCUT2D eigenvalue weighted by Crippen LogP contribution is 2.25. The molecule has 1 aromatic rings. The molecule has 0 heterocycles. The van der Waals surface area contributed by atoms with Crippen LogP contribution >= 0.6 is 0 Å². The average Bonchev–Trinajstić information content (AvgIpc) is 2.43. The van der Waals surface area contributed by atoms with Crippen molar-refractivity contribution >= 4 is 5.91 Å². The Balaban J connectivity index is 2.36. The lowest BCUT2D eigenvalue weighted by molar-refractivity contribution is -0.121. The monoisotopic (exact) mass is 290 g/mol. The summed E-state index contributed by atoms with van der Waals surface area (Å²) in [5.74, 6) is 0.659. The van der Waals surface area contributed by atoms with Crippen molar-refractivity contribution in [2.24, 2.45) is 11.1 Å². The van der Waals surface area contributed by atoms with Crippen LogP contribution in [0.1, 0.15) is 64.0 Å². The largest absolute Gasteiger partial charge is 0.352 e. The van der Waals surface area contributed by atoms with Gasteiger partial charge in [0.15, 0.2) is 0 Å². The van der Waals surface area contributed by atoms with E-state index in [0.717, 1.165) is 18.4 Å². The maximum absolute atomic E-state index is 11.9. The van der Waals surface area contributed by atoms with Gasteiger partial charge in [0.1, 0.15) is 0 Å². The third kappa shape index (κ3) is 6.76. The molecule has 0 radical (unpaired) electrons. The molecule has 1 rings (SSSR count). The van der Waals surface area contributed by atoms with Crippen LogP contribution in [0.25, 0.3) is 0 Å². The van der Waals surface area contributed by atoms with Gasteiger partial charge >= 0.3 is 0 Å². The zero-order chi connectivity index (χ0) is 15.9. The number of rotatable bonds is 8. The lowest BCUT2D eigenvalue weighted by Gasteiger charge is -2.23. The third-order valence-corrected chi connectivity index (χ3v) is 3.99. The van der Waals surface area contributed by atoms with E-state index in [9.17, 15) is 4.79 Å². The molecule has 21 heavy (non-hydrogen) atoms. The normalized spacial score (nSPS) is 11.7. The minimum absolute atomic E-state index is 0.119. The van der Waals surface area contributed by atoms with Gasteiger partial charge in [0.2, 0.25) is 5.91 Å². The highest BCUT2D eigenvalue weighted by Gasteiger charge is 2.18. The van der Waals surface area contributed by atoms with Gasteiger partial charge in [-0.3, -0.25) is 4.79 Å². The van der Waals surface area contributed by atoms with Gasteiger partial charge in [0.25, 0.3) is 0 Å². The van der Waals surface area contributed by atoms with Crippen molar-refractivity contribution in [3.05, 3.63) is 35.4 Å². The van der Waals surface area contributed by atoms with E-state index in [-0.39, 0.29) is 11.3 Å². The molecule has 3 N–H and O–H groups in total. The number of carbonyl (C=O) groups is 1. The average molecular weight is 290 g/mol. The number of hydrogen-bond acceptors (Lipinski definition) is 2. The summed E-state index contributed by atoms with van der Waals surface area (Å²) >= 11 is 0. The topological polar surface area (TPSA) is 55.1 Å². The van der Waals surface area contributed by atoms with Crippen LogP contribution in [0.3, 0.4) is 0 Å². The van der Waals surface area contributed by atoms with Gasteiger partial charge in [-0.05, 0) is 41.8 Å². The van der Waals surface area contributed by atoms with E-state index in [0.29, 0.717) is 25.4 Å². The van der Waals surface area contributed by atoms with Crippen LogP contribution in [0.2, 0.25) is 0 Å². The quantitative estimate of drug-likeness (QED) is 0.769. The van der Waals surface area contributed by atoms with Crippen molar-refractivity contribution < 1.29 is 4.79 Å². The van der Waals surface area contributed by atoms with Gasteiger partial charge in [-0.1, -0.05) is 52.0 Å². The molecule has 1 amide bonds. The fourth-order valence-corrected chi connectivity index (χ4v) is 2.28. The van der Waals surface area contributed by atoms with E-state index in [1.54, 1.807) is 0 Å². The van der Waals surface area contributed by atoms with Crippen molar-refractivity contribution in [2.45, 2.75) is 59.4 Å². The van der Waals surface area contributed by atoms with Crippen LogP contribution < -0.4 is 11.1 Å². The molecule has 0 atom stereocenters. The Hall–Kier alpha value is -1.35. The van der Waals surface area contributed by atoms with Gasteiger partial charge in [0, 0.05) is 13.0 Å². The second-order valence-electron chi connectivity index (χ2n) is 6.88. The predicted octanol–water partition coefficient (Wildman–Crippen LogP) is 3.58. The molecule has 3 nitrogen and oxygen atoms in total. The second-order valence-corrected chi connectivity index (χ2v) is 6.88. The van der Waals surface area contributed by atoms with Gasteiger partial charge in [-0.25, -0.2) is 0 Å². The number of benzene rings is 1. The molecule has 0 spiro atoms. The number of nitrogens with two attached hydrogens (primary N) is 1. The fourth-order valence-electron chi connectivity index (χ4n) is 2.28. The summed E-state index contributed by atoms with van der Waals surface area (Å²) < 4.78 is 0. The van der Waals surface area contributed by atoms with Gasteiger partial charge in [0.05, 0.1) is 0 Å². The molecule has 0 bridgehead atoms. The summed E-state index contributed by atoms with van der Waals surface area (Å²) in [7, 11) is 0. The Morgan fingerprint density at radius 1 is 1.19 bits per heavy atom. The van der Waals surface area contributed by atoms with E-state index in [4.69, 9.17) is 5.73 Å². The molecule has 0 unspecified atom stereocenters. The minimum atomic E-state index is 0.119. The number of hydrogen-bond donors (Lipinski definition) is 2. The Kier molecular flexibility index (Phi) is 6.90. The molecule has 0 fully saturated rings. The SMILES string of the molecule is CC(C)c1ccc(CNC(=O)CCC(C)(C)CCN)cc1. The smallest absolute Gasteiger partial charge is 0.220 e. The molecule has 0 aliphatic heterocycles. The molecular formula is C18H30N2O. The summed E-state index contributed by atoms with van der Waals surface area (Å²) in [6.45, 7) is 9.97. The number of nitrogens with one attached hydrogen (secondary N) is 1. The predicted molar refractivity (Wildman–Crippen MR) is 89.1 cm³/mol. The number of carbonyl (C=O) groups excluding carboxylic acids is 1. The van der Waals surface area contributed by atoms with E-state index < -0.39 is 0 Å². The molecule has 3 heteroatoms. The van der Waals surface area contributed by atoms with Crippen molar-refractivity contribution in [3.8, 4) is 0 Å². The fraction of sp³-hybridized carbons (Fsp3) is 0.611. The van der Waals surface area contributed by atoms with E-state index >= 15 is 0 Å². The standard InChI is InChI=1S/C18H30N2O/c1-14(2)16-7-5-15(6-8-16)13-20-17(21)9-10-18(3,4)11-12-19/h5-8,14H,9-13,19H2,1-4H3,(H,20,21). The first-order valence-corrected chi connectivity index (χ1v) is 7.89. The lowest BCUT2D eigenvalue weighted by Crippen LogP contribution is -2.25. The molecule has 0 aliphatic carbocycles. The first-order valence-electron chi connectivity index (χ1n) is 7.89. The summed E-state index contributed by atoms with van der Waals surface area (Å²) in [5.41, 5.74) is 8.21. The van der Waals surface area contributed by atoms with Crippen molar-refractivity contribution in [3.63, 3.8) is 0 Å². The van der Waals surface area contributed by atoms with Crippen molar-refractivity contribution in [1.29, 1.82) is 0 Å². The number of amides is 1. The second kappa shape index (κ2) is 8.18. The molecule has 1 aromatic carbocycles. The Morgan fingerprint density at radius 3 is 2.33 bits per heavy atom. The highest BCUT2D eigenvalue weighted by molar-refractivity contribution is 5.75. The van der Waals surface area contributed by atoms with Gasteiger partial charge in [-0.2, -0.15) is 0 Å². The molecule has 0 aliphatic rings. The molecule has 0 saturated carbocycles. The van der Waals surface area contributed by atoms with Crippen LogP contribution in [-0.4, -0.2) is 12.5 Å². The summed E-state index contributed by atoms with van der Waals surface area (Å²) in [6, 6.07) is 8.45. The summed E-state index contributed by atoms with van der Waals surface area (Å²) in [4.78, 5) is 11.9. The van der Waals surface area contributed by atoms with Crippen LogP contribution in [0.5, 0.6) is 0 Å².